The summed E-state index contributed by atoms with van der Waals surface area (Å²) in [5.41, 5.74) is 9.37. The van der Waals surface area contributed by atoms with Crippen LogP contribution in [0.1, 0.15) is 28.7 Å². The Morgan fingerprint density at radius 3 is 2.62 bits per heavy atom. The summed E-state index contributed by atoms with van der Waals surface area (Å²) < 4.78 is 46.3. The molecule has 170 valence electrons. The second-order valence-corrected chi connectivity index (χ2v) is 8.24. The Morgan fingerprint density at radius 2 is 2.00 bits per heavy atom. The van der Waals surface area contributed by atoms with Crippen LogP contribution in [-0.4, -0.2) is 57.0 Å². The molecule has 2 aromatic heterocycles. The normalized spacial score (nSPS) is 20.1. The van der Waals surface area contributed by atoms with Crippen LogP contribution in [0.3, 0.4) is 0 Å². The van der Waals surface area contributed by atoms with E-state index in [1.165, 1.54) is 0 Å². The molecular formula is C22H24F3N5O2. The van der Waals surface area contributed by atoms with Crippen LogP contribution >= 0.6 is 0 Å². The summed E-state index contributed by atoms with van der Waals surface area (Å²) in [4.78, 5) is 18.0. The average molecular weight is 447 g/mol. The van der Waals surface area contributed by atoms with Gasteiger partial charge in [0.25, 0.3) is 5.91 Å². The molecule has 1 aliphatic rings. The number of nitrogens with zero attached hydrogens (tertiary/aromatic N) is 4. The molecule has 2 N–H and O–H groups in total. The molecule has 2 unspecified atom stereocenters. The van der Waals surface area contributed by atoms with Crippen LogP contribution < -0.4 is 5.73 Å². The second-order valence-electron chi connectivity index (χ2n) is 8.24. The number of ether oxygens (including phenoxy) is 1. The molecule has 3 aromatic rings. The number of nitrogens with two attached hydrogens (primary N) is 1. The van der Waals surface area contributed by atoms with Crippen molar-refractivity contribution in [2.45, 2.75) is 38.8 Å². The van der Waals surface area contributed by atoms with E-state index in [4.69, 9.17) is 10.5 Å². The fourth-order valence-electron chi connectivity index (χ4n) is 4.19. The van der Waals surface area contributed by atoms with Gasteiger partial charge < -0.3 is 10.5 Å². The van der Waals surface area contributed by atoms with Crippen LogP contribution in [0, 0.1) is 6.92 Å². The minimum Gasteiger partial charge on any atom is -0.364 e. The number of benzene rings is 1. The quantitative estimate of drug-likeness (QED) is 0.664. The smallest absolute Gasteiger partial charge is 0.364 e. The number of hydrogen-bond donors (Lipinski definition) is 1. The van der Waals surface area contributed by atoms with Gasteiger partial charge in [-0.15, -0.1) is 0 Å². The maximum absolute atomic E-state index is 13.2. The van der Waals surface area contributed by atoms with Crippen molar-refractivity contribution in [2.75, 3.05) is 13.1 Å². The Morgan fingerprint density at radius 1 is 1.25 bits per heavy atom. The van der Waals surface area contributed by atoms with Gasteiger partial charge >= 0.3 is 6.18 Å². The lowest BCUT2D eigenvalue weighted by Crippen LogP contribution is -2.51. The SMILES string of the molecule is Cc1nn(C)cc1-c1cc(C(N)=O)nc2cc(CN3CC(C)OC(C(F)(F)F)C3)ccc12. The van der Waals surface area contributed by atoms with Crippen molar-refractivity contribution >= 4 is 16.8 Å². The van der Waals surface area contributed by atoms with Crippen molar-refractivity contribution in [1.29, 1.82) is 0 Å². The number of amides is 1. The molecule has 3 heterocycles. The summed E-state index contributed by atoms with van der Waals surface area (Å²) in [6.07, 6.45) is -4.90. The molecule has 0 saturated carbocycles. The predicted octanol–water partition coefficient (Wildman–Crippen LogP) is 3.19. The van der Waals surface area contributed by atoms with Gasteiger partial charge in [-0.05, 0) is 37.1 Å². The lowest BCUT2D eigenvalue weighted by atomic mass is 9.99. The number of alkyl halides is 3. The Labute approximate surface area is 183 Å². The van der Waals surface area contributed by atoms with E-state index in [1.54, 1.807) is 28.6 Å². The molecular weight excluding hydrogens is 423 g/mol. The minimum absolute atomic E-state index is 0.116. The molecule has 2 atom stereocenters. The van der Waals surface area contributed by atoms with Gasteiger partial charge in [-0.3, -0.25) is 14.4 Å². The largest absolute Gasteiger partial charge is 0.415 e. The molecule has 7 nitrogen and oxygen atoms in total. The van der Waals surface area contributed by atoms with Crippen LogP contribution in [-0.2, 0) is 18.3 Å². The Hall–Kier alpha value is -2.98. The van der Waals surface area contributed by atoms with Gasteiger partial charge in [0.05, 0.1) is 17.3 Å². The predicted molar refractivity (Wildman–Crippen MR) is 113 cm³/mol. The third-order valence-corrected chi connectivity index (χ3v) is 5.54. The third-order valence-electron chi connectivity index (χ3n) is 5.54. The van der Waals surface area contributed by atoms with E-state index >= 15 is 0 Å². The maximum atomic E-state index is 13.2. The highest BCUT2D eigenvalue weighted by Gasteiger charge is 2.44. The first kappa shape index (κ1) is 22.2. The molecule has 1 aromatic carbocycles. The van der Waals surface area contributed by atoms with Crippen LogP contribution in [0.4, 0.5) is 13.2 Å². The number of halogens is 3. The number of aromatic nitrogens is 3. The number of carbonyl (C=O) groups excluding carboxylic acids is 1. The van der Waals surface area contributed by atoms with E-state index in [-0.39, 0.29) is 12.2 Å². The minimum atomic E-state index is -4.41. The first-order chi connectivity index (χ1) is 15.0. The van der Waals surface area contributed by atoms with E-state index in [0.29, 0.717) is 18.6 Å². The number of fused-ring (bicyclic) bond motifs is 1. The van der Waals surface area contributed by atoms with Crippen molar-refractivity contribution < 1.29 is 22.7 Å². The van der Waals surface area contributed by atoms with Crippen LogP contribution in [0.15, 0.2) is 30.5 Å². The highest BCUT2D eigenvalue weighted by molar-refractivity contribution is 6.01. The number of rotatable bonds is 4. The van der Waals surface area contributed by atoms with Crippen molar-refractivity contribution in [3.63, 3.8) is 0 Å². The summed E-state index contributed by atoms with van der Waals surface area (Å²) in [6, 6.07) is 7.17. The molecule has 1 amide bonds. The number of morpholine rings is 1. The van der Waals surface area contributed by atoms with Gasteiger partial charge in [-0.25, -0.2) is 4.98 Å². The van der Waals surface area contributed by atoms with E-state index in [1.807, 2.05) is 32.3 Å². The highest BCUT2D eigenvalue weighted by Crippen LogP contribution is 2.32. The summed E-state index contributed by atoms with van der Waals surface area (Å²) in [6.45, 7) is 3.96. The zero-order valence-electron chi connectivity index (χ0n) is 18.0. The van der Waals surface area contributed by atoms with E-state index in [0.717, 1.165) is 27.8 Å². The summed E-state index contributed by atoms with van der Waals surface area (Å²) >= 11 is 0. The Kier molecular flexibility index (Phi) is 5.68. The van der Waals surface area contributed by atoms with Crippen molar-refractivity contribution in [1.82, 2.24) is 19.7 Å². The number of primary amides is 1. The van der Waals surface area contributed by atoms with Crippen molar-refractivity contribution in [2.24, 2.45) is 12.8 Å². The molecule has 0 radical (unpaired) electrons. The number of carbonyl (C=O) groups is 1. The first-order valence-corrected chi connectivity index (χ1v) is 10.2. The van der Waals surface area contributed by atoms with Crippen LogP contribution in [0.5, 0.6) is 0 Å². The molecule has 1 aliphatic heterocycles. The molecule has 0 spiro atoms. The van der Waals surface area contributed by atoms with E-state index in [9.17, 15) is 18.0 Å². The molecule has 32 heavy (non-hydrogen) atoms. The lowest BCUT2D eigenvalue weighted by molar-refractivity contribution is -0.252. The standard InChI is InChI=1S/C22H24F3N5O2/c1-12-8-30(11-20(32-12)22(23,24)25)9-14-4-5-15-16(17-10-29(3)28-13(17)2)7-19(21(26)31)27-18(15)6-14/h4-7,10,12,20H,8-9,11H2,1-3H3,(H2,26,31). The zero-order valence-corrected chi connectivity index (χ0v) is 18.0. The first-order valence-electron chi connectivity index (χ1n) is 10.2. The summed E-state index contributed by atoms with van der Waals surface area (Å²) in [5.74, 6) is -0.657. The van der Waals surface area contributed by atoms with E-state index in [2.05, 4.69) is 10.1 Å². The lowest BCUT2D eigenvalue weighted by Gasteiger charge is -2.37. The zero-order chi connectivity index (χ0) is 23.2. The number of hydrogen-bond acceptors (Lipinski definition) is 5. The molecule has 0 bridgehead atoms. The van der Waals surface area contributed by atoms with Crippen LogP contribution in [0.25, 0.3) is 22.0 Å². The molecule has 0 aliphatic carbocycles. The van der Waals surface area contributed by atoms with Gasteiger partial charge in [0.1, 0.15) is 5.69 Å². The molecule has 1 saturated heterocycles. The van der Waals surface area contributed by atoms with Crippen molar-refractivity contribution in [3.05, 3.63) is 47.4 Å². The van der Waals surface area contributed by atoms with Gasteiger partial charge in [-0.2, -0.15) is 18.3 Å². The highest BCUT2D eigenvalue weighted by atomic mass is 19.4. The van der Waals surface area contributed by atoms with E-state index < -0.39 is 24.3 Å². The Balaban J connectivity index is 1.71. The summed E-state index contributed by atoms with van der Waals surface area (Å²) in [7, 11) is 1.81. The van der Waals surface area contributed by atoms with Crippen molar-refractivity contribution in [3.8, 4) is 11.1 Å². The van der Waals surface area contributed by atoms with Crippen LogP contribution in [0.2, 0.25) is 0 Å². The van der Waals surface area contributed by atoms with Gasteiger partial charge in [0, 0.05) is 43.8 Å². The third kappa shape index (κ3) is 4.46. The topological polar surface area (TPSA) is 86.3 Å². The second kappa shape index (κ2) is 8.18. The maximum Gasteiger partial charge on any atom is 0.415 e. The van der Waals surface area contributed by atoms with Gasteiger partial charge in [0.15, 0.2) is 6.10 Å². The molecule has 4 rings (SSSR count). The number of pyridine rings is 1. The Bertz CT molecular complexity index is 1170. The average Bonchev–Trinajstić information content (AvgIpc) is 3.03. The molecule has 10 heteroatoms. The summed E-state index contributed by atoms with van der Waals surface area (Å²) in [5, 5.41) is 5.17. The van der Waals surface area contributed by atoms with Gasteiger partial charge in [0.2, 0.25) is 0 Å². The van der Waals surface area contributed by atoms with Gasteiger partial charge in [-0.1, -0.05) is 12.1 Å². The monoisotopic (exact) mass is 447 g/mol. The molecule has 1 fully saturated rings. The fourth-order valence-corrected chi connectivity index (χ4v) is 4.19. The fraction of sp³-hybridized carbons (Fsp3) is 0.409. The number of aryl methyl sites for hydroxylation is 2.